The number of rotatable bonds is 1. The van der Waals surface area contributed by atoms with Gasteiger partial charge in [-0.3, -0.25) is 0 Å². The van der Waals surface area contributed by atoms with Gasteiger partial charge in [0.2, 0.25) is 0 Å². The van der Waals surface area contributed by atoms with Crippen molar-refractivity contribution in [2.24, 2.45) is 11.8 Å². The summed E-state index contributed by atoms with van der Waals surface area (Å²) < 4.78 is 2.43. The van der Waals surface area contributed by atoms with Crippen LogP contribution in [0.25, 0.3) is 11.0 Å². The fraction of sp³-hybridized carbons (Fsp3) is 0.562. The van der Waals surface area contributed by atoms with Crippen molar-refractivity contribution < 1.29 is 0 Å². The van der Waals surface area contributed by atoms with Crippen LogP contribution in [0.4, 0.5) is 5.69 Å². The Morgan fingerprint density at radius 2 is 2.00 bits per heavy atom. The third kappa shape index (κ3) is 2.11. The number of nitrogens with zero attached hydrogens (tertiary/aromatic N) is 2. The predicted molar refractivity (Wildman–Crippen MR) is 80.1 cm³/mol. The number of hydrogen-bond donors (Lipinski definition) is 1. The zero-order valence-corrected chi connectivity index (χ0v) is 12.1. The molecule has 1 fully saturated rings. The molecule has 0 aliphatic heterocycles. The van der Waals surface area contributed by atoms with Gasteiger partial charge in [0, 0.05) is 11.7 Å². The Morgan fingerprint density at radius 1 is 1.21 bits per heavy atom. The number of benzene rings is 1. The van der Waals surface area contributed by atoms with E-state index in [9.17, 15) is 0 Å². The molecule has 1 aliphatic carbocycles. The van der Waals surface area contributed by atoms with Gasteiger partial charge in [-0.25, -0.2) is 4.98 Å². The van der Waals surface area contributed by atoms with Gasteiger partial charge in [-0.1, -0.05) is 13.8 Å². The number of hydrogen-bond acceptors (Lipinski definition) is 2. The predicted octanol–water partition coefficient (Wildman–Crippen LogP) is 3.92. The normalized spacial score (nSPS) is 27.8. The lowest BCUT2D eigenvalue weighted by atomic mass is 9.79. The van der Waals surface area contributed by atoms with Gasteiger partial charge >= 0.3 is 0 Å². The zero-order chi connectivity index (χ0) is 13.6. The maximum Gasteiger partial charge on any atom is 0.106 e. The van der Waals surface area contributed by atoms with Crippen molar-refractivity contribution in [1.29, 1.82) is 0 Å². The fourth-order valence-electron chi connectivity index (χ4n) is 3.45. The van der Waals surface area contributed by atoms with Crippen LogP contribution in [-0.4, -0.2) is 9.55 Å². The van der Waals surface area contributed by atoms with Crippen LogP contribution in [0.1, 0.15) is 45.0 Å². The first-order chi connectivity index (χ1) is 9.06. The summed E-state index contributed by atoms with van der Waals surface area (Å²) >= 11 is 0. The lowest BCUT2D eigenvalue weighted by Gasteiger charge is -2.33. The van der Waals surface area contributed by atoms with E-state index in [1.165, 1.54) is 24.8 Å². The molecule has 1 saturated carbocycles. The van der Waals surface area contributed by atoms with Crippen molar-refractivity contribution >= 4 is 16.7 Å². The minimum Gasteiger partial charge on any atom is -0.399 e. The molecule has 3 atom stereocenters. The Labute approximate surface area is 114 Å². The second-order valence-corrected chi connectivity index (χ2v) is 6.20. The lowest BCUT2D eigenvalue weighted by Crippen LogP contribution is -2.23. The van der Waals surface area contributed by atoms with Crippen LogP contribution in [0.15, 0.2) is 18.2 Å². The first-order valence-corrected chi connectivity index (χ1v) is 7.30. The molecule has 2 aromatic rings. The smallest absolute Gasteiger partial charge is 0.106 e. The van der Waals surface area contributed by atoms with E-state index < -0.39 is 0 Å². The van der Waals surface area contributed by atoms with Crippen molar-refractivity contribution in [2.75, 3.05) is 5.73 Å². The Balaban J connectivity index is 2.03. The number of nitrogens with two attached hydrogens (primary N) is 1. The molecule has 19 heavy (non-hydrogen) atoms. The molecule has 1 aliphatic rings. The van der Waals surface area contributed by atoms with Crippen LogP contribution in [0, 0.1) is 18.8 Å². The van der Waals surface area contributed by atoms with Crippen molar-refractivity contribution in [3.63, 3.8) is 0 Å². The molecule has 0 amide bonds. The maximum absolute atomic E-state index is 5.85. The highest BCUT2D eigenvalue weighted by Gasteiger charge is 2.27. The van der Waals surface area contributed by atoms with Gasteiger partial charge in [0.05, 0.1) is 11.0 Å². The minimum atomic E-state index is 0.597. The Hall–Kier alpha value is -1.51. The highest BCUT2D eigenvalue weighted by Crippen LogP contribution is 2.38. The monoisotopic (exact) mass is 257 g/mol. The van der Waals surface area contributed by atoms with E-state index in [1.807, 2.05) is 12.1 Å². The molecule has 0 radical (unpaired) electrons. The Bertz CT molecular complexity index is 599. The van der Waals surface area contributed by atoms with Crippen LogP contribution >= 0.6 is 0 Å². The third-order valence-electron chi connectivity index (χ3n) is 4.83. The molecule has 2 N–H and O–H groups in total. The fourth-order valence-corrected chi connectivity index (χ4v) is 3.45. The van der Waals surface area contributed by atoms with Crippen LogP contribution < -0.4 is 5.73 Å². The number of fused-ring (bicyclic) bond motifs is 1. The molecule has 0 bridgehead atoms. The second kappa shape index (κ2) is 4.55. The van der Waals surface area contributed by atoms with E-state index in [1.54, 1.807) is 0 Å². The van der Waals surface area contributed by atoms with Crippen molar-refractivity contribution in [3.8, 4) is 0 Å². The zero-order valence-electron chi connectivity index (χ0n) is 12.1. The number of imidazole rings is 1. The summed E-state index contributed by atoms with van der Waals surface area (Å²) in [6.07, 6.45) is 3.85. The Morgan fingerprint density at radius 3 is 2.74 bits per heavy atom. The Kier molecular flexibility index (Phi) is 3.00. The molecule has 0 spiro atoms. The van der Waals surface area contributed by atoms with Gasteiger partial charge in [-0.05, 0) is 56.2 Å². The summed E-state index contributed by atoms with van der Waals surface area (Å²) in [6.45, 7) is 6.86. The first-order valence-electron chi connectivity index (χ1n) is 7.30. The SMILES string of the molecule is Cc1nc2cc(N)ccc2n1C1CCC(C)C(C)C1. The topological polar surface area (TPSA) is 43.8 Å². The highest BCUT2D eigenvalue weighted by molar-refractivity contribution is 5.79. The summed E-state index contributed by atoms with van der Waals surface area (Å²) in [7, 11) is 0. The van der Waals surface area contributed by atoms with Crippen LogP contribution in [0.5, 0.6) is 0 Å². The summed E-state index contributed by atoms with van der Waals surface area (Å²) in [6, 6.07) is 6.68. The molecule has 3 nitrogen and oxygen atoms in total. The van der Waals surface area contributed by atoms with Gasteiger partial charge in [0.25, 0.3) is 0 Å². The van der Waals surface area contributed by atoms with Crippen molar-refractivity contribution in [1.82, 2.24) is 9.55 Å². The minimum absolute atomic E-state index is 0.597. The highest BCUT2D eigenvalue weighted by atomic mass is 15.1. The molecular formula is C16H23N3. The van der Waals surface area contributed by atoms with Crippen molar-refractivity contribution in [3.05, 3.63) is 24.0 Å². The number of nitrogen functional groups attached to an aromatic ring is 1. The summed E-state index contributed by atoms with van der Waals surface area (Å²) in [5, 5.41) is 0. The molecule has 1 aromatic heterocycles. The summed E-state index contributed by atoms with van der Waals surface area (Å²) in [5.74, 6) is 2.76. The first kappa shape index (κ1) is 12.5. The van der Waals surface area contributed by atoms with E-state index in [4.69, 9.17) is 5.73 Å². The van der Waals surface area contributed by atoms with E-state index in [2.05, 4.69) is 36.4 Å². The van der Waals surface area contributed by atoms with Crippen LogP contribution in [0.3, 0.4) is 0 Å². The van der Waals surface area contributed by atoms with E-state index >= 15 is 0 Å². The van der Waals surface area contributed by atoms with Gasteiger partial charge in [-0.2, -0.15) is 0 Å². The molecular weight excluding hydrogens is 234 g/mol. The summed E-state index contributed by atoms with van der Waals surface area (Å²) in [5.41, 5.74) is 8.91. The maximum atomic E-state index is 5.85. The van der Waals surface area contributed by atoms with E-state index in [0.717, 1.165) is 28.9 Å². The summed E-state index contributed by atoms with van der Waals surface area (Å²) in [4.78, 5) is 4.68. The number of anilines is 1. The van der Waals surface area contributed by atoms with E-state index in [-0.39, 0.29) is 0 Å². The molecule has 0 saturated heterocycles. The van der Waals surface area contributed by atoms with E-state index in [0.29, 0.717) is 6.04 Å². The lowest BCUT2D eigenvalue weighted by molar-refractivity contribution is 0.212. The molecule has 3 unspecified atom stereocenters. The van der Waals surface area contributed by atoms with Gasteiger partial charge in [0.1, 0.15) is 5.82 Å². The molecule has 3 rings (SSSR count). The number of aromatic nitrogens is 2. The van der Waals surface area contributed by atoms with Gasteiger partial charge in [-0.15, -0.1) is 0 Å². The average molecular weight is 257 g/mol. The van der Waals surface area contributed by atoms with Crippen molar-refractivity contribution in [2.45, 2.75) is 46.1 Å². The standard InChI is InChI=1S/C16H23N3/c1-10-4-6-14(8-11(10)2)19-12(3)18-15-9-13(17)5-7-16(15)19/h5,7,9-11,14H,4,6,8,17H2,1-3H3. The molecule has 102 valence electrons. The number of aryl methyl sites for hydroxylation is 1. The largest absolute Gasteiger partial charge is 0.399 e. The third-order valence-corrected chi connectivity index (χ3v) is 4.83. The average Bonchev–Trinajstić information content (AvgIpc) is 2.68. The molecule has 3 heteroatoms. The van der Waals surface area contributed by atoms with Crippen LogP contribution in [0.2, 0.25) is 0 Å². The second-order valence-electron chi connectivity index (χ2n) is 6.20. The quantitative estimate of drug-likeness (QED) is 0.787. The van der Waals surface area contributed by atoms with Crippen LogP contribution in [-0.2, 0) is 0 Å². The molecule has 1 aromatic carbocycles. The van der Waals surface area contributed by atoms with Gasteiger partial charge < -0.3 is 10.3 Å². The van der Waals surface area contributed by atoms with Gasteiger partial charge in [0.15, 0.2) is 0 Å². The molecule has 1 heterocycles.